The molecule has 1 heterocycles. The minimum Gasteiger partial charge on any atom is -0.299 e. The summed E-state index contributed by atoms with van der Waals surface area (Å²) in [6, 6.07) is 0. The summed E-state index contributed by atoms with van der Waals surface area (Å²) in [7, 11) is 0. The summed E-state index contributed by atoms with van der Waals surface area (Å²) in [6.07, 6.45) is 5.43. The molecular formula is C9H13N3OS. The van der Waals surface area contributed by atoms with Crippen molar-refractivity contribution >= 4 is 17.5 Å². The summed E-state index contributed by atoms with van der Waals surface area (Å²) >= 11 is 1.63. The SMILES string of the molecule is O=C1CCCC1CCSc1ncn[nH]1. The van der Waals surface area contributed by atoms with Crippen molar-refractivity contribution in [3.05, 3.63) is 6.33 Å². The van der Waals surface area contributed by atoms with E-state index in [9.17, 15) is 4.79 Å². The third-order valence-corrected chi connectivity index (χ3v) is 3.44. The normalized spacial score (nSPS) is 21.7. The van der Waals surface area contributed by atoms with Crippen LogP contribution in [-0.4, -0.2) is 26.7 Å². The van der Waals surface area contributed by atoms with E-state index in [1.165, 1.54) is 6.33 Å². The van der Waals surface area contributed by atoms with Gasteiger partial charge in [0.15, 0.2) is 5.16 Å². The molecule has 0 bridgehead atoms. The Hall–Kier alpha value is -0.840. The standard InChI is InChI=1S/C9H13N3OS/c13-8-3-1-2-7(8)4-5-14-9-10-6-11-12-9/h6-7H,1-5H2,(H,10,11,12). The van der Waals surface area contributed by atoms with E-state index in [2.05, 4.69) is 15.2 Å². The van der Waals surface area contributed by atoms with Crippen LogP contribution in [0.2, 0.25) is 0 Å². The summed E-state index contributed by atoms with van der Waals surface area (Å²) in [4.78, 5) is 15.3. The molecule has 0 saturated heterocycles. The Kier molecular flexibility index (Phi) is 3.18. The lowest BCUT2D eigenvalue weighted by atomic mass is 10.1. The molecule has 1 saturated carbocycles. The molecule has 1 N–H and O–H groups in total. The van der Waals surface area contributed by atoms with Gasteiger partial charge < -0.3 is 0 Å². The number of thioether (sulfide) groups is 1. The summed E-state index contributed by atoms with van der Waals surface area (Å²) in [5.74, 6) is 1.71. The number of aromatic amines is 1. The molecule has 2 rings (SSSR count). The first-order chi connectivity index (χ1) is 6.86. The van der Waals surface area contributed by atoms with E-state index >= 15 is 0 Å². The van der Waals surface area contributed by atoms with E-state index in [1.54, 1.807) is 11.8 Å². The van der Waals surface area contributed by atoms with Gasteiger partial charge in [0, 0.05) is 18.1 Å². The van der Waals surface area contributed by atoms with Gasteiger partial charge in [-0.25, -0.2) is 4.98 Å². The van der Waals surface area contributed by atoms with E-state index in [0.717, 1.165) is 36.6 Å². The van der Waals surface area contributed by atoms with Gasteiger partial charge >= 0.3 is 0 Å². The lowest BCUT2D eigenvalue weighted by Crippen LogP contribution is -2.06. The van der Waals surface area contributed by atoms with Crippen LogP contribution in [0.15, 0.2) is 11.5 Å². The molecule has 0 spiro atoms. The fraction of sp³-hybridized carbons (Fsp3) is 0.667. The fourth-order valence-electron chi connectivity index (χ4n) is 1.75. The molecule has 5 heteroatoms. The smallest absolute Gasteiger partial charge is 0.183 e. The Bertz CT molecular complexity index is 299. The lowest BCUT2D eigenvalue weighted by Gasteiger charge is -2.05. The van der Waals surface area contributed by atoms with Crippen LogP contribution >= 0.6 is 11.8 Å². The number of hydrogen-bond acceptors (Lipinski definition) is 4. The third kappa shape index (κ3) is 2.35. The van der Waals surface area contributed by atoms with E-state index in [1.807, 2.05) is 0 Å². The van der Waals surface area contributed by atoms with E-state index < -0.39 is 0 Å². The Labute approximate surface area is 86.9 Å². The number of Topliss-reactive ketones (excluding diaryl/α,β-unsaturated/α-hetero) is 1. The van der Waals surface area contributed by atoms with Crippen LogP contribution in [0.3, 0.4) is 0 Å². The number of H-pyrrole nitrogens is 1. The largest absolute Gasteiger partial charge is 0.299 e. The van der Waals surface area contributed by atoms with Gasteiger partial charge in [0.1, 0.15) is 12.1 Å². The van der Waals surface area contributed by atoms with E-state index in [-0.39, 0.29) is 0 Å². The van der Waals surface area contributed by atoms with Gasteiger partial charge in [0.2, 0.25) is 0 Å². The second kappa shape index (κ2) is 4.59. The number of nitrogens with one attached hydrogen (secondary N) is 1. The average Bonchev–Trinajstić information content (AvgIpc) is 2.78. The van der Waals surface area contributed by atoms with Crippen molar-refractivity contribution in [2.24, 2.45) is 5.92 Å². The van der Waals surface area contributed by atoms with Crippen LogP contribution in [0.1, 0.15) is 25.7 Å². The summed E-state index contributed by atoms with van der Waals surface area (Å²) in [5, 5.41) is 7.40. The summed E-state index contributed by atoms with van der Waals surface area (Å²) < 4.78 is 0. The summed E-state index contributed by atoms with van der Waals surface area (Å²) in [5.41, 5.74) is 0. The molecular weight excluding hydrogens is 198 g/mol. The highest BCUT2D eigenvalue weighted by atomic mass is 32.2. The topological polar surface area (TPSA) is 58.6 Å². The number of nitrogens with zero attached hydrogens (tertiary/aromatic N) is 2. The van der Waals surface area contributed by atoms with Crippen molar-refractivity contribution in [2.45, 2.75) is 30.8 Å². The first-order valence-electron chi connectivity index (χ1n) is 4.87. The third-order valence-electron chi connectivity index (χ3n) is 2.53. The highest BCUT2D eigenvalue weighted by Crippen LogP contribution is 2.26. The molecule has 0 radical (unpaired) electrons. The maximum atomic E-state index is 11.3. The molecule has 1 aromatic heterocycles. The van der Waals surface area contributed by atoms with Gasteiger partial charge in [0.05, 0.1) is 0 Å². The molecule has 1 fully saturated rings. The maximum absolute atomic E-state index is 11.3. The Morgan fingerprint density at radius 1 is 1.64 bits per heavy atom. The Balaban J connectivity index is 1.70. The van der Waals surface area contributed by atoms with Crippen LogP contribution in [-0.2, 0) is 4.79 Å². The lowest BCUT2D eigenvalue weighted by molar-refractivity contribution is -0.120. The zero-order valence-electron chi connectivity index (χ0n) is 7.90. The minimum absolute atomic E-state index is 0.311. The number of ketones is 1. The predicted octanol–water partition coefficient (Wildman–Crippen LogP) is 1.66. The zero-order chi connectivity index (χ0) is 9.80. The number of aromatic nitrogens is 3. The molecule has 0 aliphatic heterocycles. The molecule has 1 atom stereocenters. The van der Waals surface area contributed by atoms with Gasteiger partial charge in [-0.05, 0) is 19.3 Å². The quantitative estimate of drug-likeness (QED) is 0.769. The van der Waals surface area contributed by atoms with Gasteiger partial charge in [-0.1, -0.05) is 11.8 Å². The van der Waals surface area contributed by atoms with Crippen LogP contribution < -0.4 is 0 Å². The molecule has 0 amide bonds. The van der Waals surface area contributed by atoms with Crippen molar-refractivity contribution in [1.29, 1.82) is 0 Å². The number of carbonyl (C=O) groups is 1. The van der Waals surface area contributed by atoms with E-state index in [0.29, 0.717) is 11.7 Å². The zero-order valence-corrected chi connectivity index (χ0v) is 8.72. The first-order valence-corrected chi connectivity index (χ1v) is 5.85. The first kappa shape index (κ1) is 9.71. The molecule has 1 aliphatic carbocycles. The van der Waals surface area contributed by atoms with Crippen LogP contribution in [0.5, 0.6) is 0 Å². The summed E-state index contributed by atoms with van der Waals surface area (Å²) in [6.45, 7) is 0. The van der Waals surface area contributed by atoms with Crippen LogP contribution in [0.25, 0.3) is 0 Å². The molecule has 0 aromatic carbocycles. The van der Waals surface area contributed by atoms with Crippen LogP contribution in [0, 0.1) is 5.92 Å². The van der Waals surface area contributed by atoms with Crippen LogP contribution in [0.4, 0.5) is 0 Å². The van der Waals surface area contributed by atoms with E-state index in [4.69, 9.17) is 0 Å². The highest BCUT2D eigenvalue weighted by Gasteiger charge is 2.23. The fourth-order valence-corrected chi connectivity index (χ4v) is 2.59. The molecule has 14 heavy (non-hydrogen) atoms. The van der Waals surface area contributed by atoms with Gasteiger partial charge in [-0.15, -0.1) is 0 Å². The van der Waals surface area contributed by atoms with Crippen molar-refractivity contribution in [3.8, 4) is 0 Å². The van der Waals surface area contributed by atoms with Crippen molar-refractivity contribution in [3.63, 3.8) is 0 Å². The Morgan fingerprint density at radius 2 is 2.57 bits per heavy atom. The van der Waals surface area contributed by atoms with Gasteiger partial charge in [-0.2, -0.15) is 5.10 Å². The highest BCUT2D eigenvalue weighted by molar-refractivity contribution is 7.99. The monoisotopic (exact) mass is 211 g/mol. The van der Waals surface area contributed by atoms with Gasteiger partial charge in [0.25, 0.3) is 0 Å². The maximum Gasteiger partial charge on any atom is 0.183 e. The van der Waals surface area contributed by atoms with Crippen molar-refractivity contribution in [1.82, 2.24) is 15.2 Å². The Morgan fingerprint density at radius 3 is 3.21 bits per heavy atom. The van der Waals surface area contributed by atoms with Gasteiger partial charge in [-0.3, -0.25) is 9.89 Å². The second-order valence-electron chi connectivity index (χ2n) is 3.48. The molecule has 76 valence electrons. The molecule has 1 aromatic rings. The number of rotatable bonds is 4. The second-order valence-corrected chi connectivity index (χ2v) is 4.57. The number of hydrogen-bond donors (Lipinski definition) is 1. The molecule has 1 unspecified atom stereocenters. The molecule has 1 aliphatic rings. The minimum atomic E-state index is 0.311. The molecule has 4 nitrogen and oxygen atoms in total. The average molecular weight is 211 g/mol. The van der Waals surface area contributed by atoms with Crippen molar-refractivity contribution in [2.75, 3.05) is 5.75 Å². The van der Waals surface area contributed by atoms with Crippen molar-refractivity contribution < 1.29 is 4.79 Å². The number of carbonyl (C=O) groups excluding carboxylic acids is 1. The predicted molar refractivity (Wildman–Crippen MR) is 54.1 cm³/mol.